The van der Waals surface area contributed by atoms with Crippen molar-refractivity contribution in [3.05, 3.63) is 23.7 Å². The topological polar surface area (TPSA) is 65.2 Å². The third kappa shape index (κ3) is 2.95. The minimum Gasteiger partial charge on any atom is -0.444 e. The van der Waals surface area contributed by atoms with Gasteiger partial charge in [0.1, 0.15) is 11.3 Å². The van der Waals surface area contributed by atoms with Crippen LogP contribution in [0.2, 0.25) is 0 Å². The van der Waals surface area contributed by atoms with Gasteiger partial charge >= 0.3 is 6.09 Å². The highest BCUT2D eigenvalue weighted by Crippen LogP contribution is 2.29. The third-order valence-corrected chi connectivity index (χ3v) is 3.75. The number of hydrogen-bond donors (Lipinski definition) is 0. The van der Waals surface area contributed by atoms with Gasteiger partial charge in [0, 0.05) is 19.8 Å². The van der Waals surface area contributed by atoms with Crippen LogP contribution in [-0.4, -0.2) is 35.9 Å². The second-order valence-electron chi connectivity index (χ2n) is 6.78. The Hall–Kier alpha value is -2.31. The van der Waals surface area contributed by atoms with E-state index in [-0.39, 0.29) is 6.09 Å². The molecule has 124 valence electrons. The molecule has 2 aromatic rings. The van der Waals surface area contributed by atoms with Crippen molar-refractivity contribution in [1.29, 1.82) is 0 Å². The van der Waals surface area contributed by atoms with Gasteiger partial charge in [0.25, 0.3) is 0 Å². The van der Waals surface area contributed by atoms with Crippen LogP contribution < -0.4 is 0 Å². The molecule has 0 radical (unpaired) electrons. The minimum absolute atomic E-state index is 0.294. The molecular weight excluding hydrogens is 294 g/mol. The zero-order chi connectivity index (χ0) is 16.8. The van der Waals surface area contributed by atoms with Gasteiger partial charge in [-0.2, -0.15) is 5.10 Å². The summed E-state index contributed by atoms with van der Waals surface area (Å²) in [5.74, 6) is 0.863. The average Bonchev–Trinajstić information content (AvgIpc) is 3.08. The number of nitrogens with zero attached hydrogens (tertiary/aromatic N) is 5. The zero-order valence-electron chi connectivity index (χ0n) is 14.3. The summed E-state index contributed by atoms with van der Waals surface area (Å²) in [6, 6.07) is 1.95. The van der Waals surface area contributed by atoms with Gasteiger partial charge in [-0.3, -0.25) is 9.58 Å². The van der Waals surface area contributed by atoms with E-state index >= 15 is 0 Å². The SMILES string of the molecule is CCn1c(-c2ccn(C)n2)nc2c1CN(C(=O)OC(C)(C)C)C2. The largest absolute Gasteiger partial charge is 0.444 e. The summed E-state index contributed by atoms with van der Waals surface area (Å²) >= 11 is 0. The first-order valence-corrected chi connectivity index (χ1v) is 7.84. The van der Waals surface area contributed by atoms with Crippen molar-refractivity contribution in [3.8, 4) is 11.5 Å². The molecule has 0 bridgehead atoms. The van der Waals surface area contributed by atoms with E-state index in [4.69, 9.17) is 9.72 Å². The Labute approximate surface area is 135 Å². The fraction of sp³-hybridized carbons (Fsp3) is 0.562. The Morgan fingerprint density at radius 1 is 1.35 bits per heavy atom. The summed E-state index contributed by atoms with van der Waals surface area (Å²) in [7, 11) is 1.89. The van der Waals surface area contributed by atoms with E-state index in [2.05, 4.69) is 16.6 Å². The number of imidazole rings is 1. The van der Waals surface area contributed by atoms with Gasteiger partial charge in [-0.1, -0.05) is 0 Å². The molecule has 0 spiro atoms. The lowest BCUT2D eigenvalue weighted by molar-refractivity contribution is 0.0237. The van der Waals surface area contributed by atoms with Crippen molar-refractivity contribution in [2.45, 2.75) is 52.9 Å². The van der Waals surface area contributed by atoms with E-state index in [9.17, 15) is 4.79 Å². The van der Waals surface area contributed by atoms with Crippen LogP contribution >= 0.6 is 0 Å². The van der Waals surface area contributed by atoms with Crippen molar-refractivity contribution in [2.24, 2.45) is 7.05 Å². The predicted octanol–water partition coefficient (Wildman–Crippen LogP) is 2.55. The second-order valence-corrected chi connectivity index (χ2v) is 6.78. The molecule has 23 heavy (non-hydrogen) atoms. The van der Waals surface area contributed by atoms with Crippen LogP contribution in [0.5, 0.6) is 0 Å². The second kappa shape index (κ2) is 5.40. The molecule has 1 amide bonds. The van der Waals surface area contributed by atoms with Gasteiger partial charge in [0.2, 0.25) is 0 Å². The highest BCUT2D eigenvalue weighted by Gasteiger charge is 2.32. The summed E-state index contributed by atoms with van der Waals surface area (Å²) in [4.78, 5) is 18.6. The van der Waals surface area contributed by atoms with E-state index < -0.39 is 5.60 Å². The molecule has 0 aromatic carbocycles. The smallest absolute Gasteiger partial charge is 0.410 e. The molecule has 0 unspecified atom stereocenters. The molecule has 1 aliphatic rings. The number of ether oxygens (including phenoxy) is 1. The predicted molar refractivity (Wildman–Crippen MR) is 85.6 cm³/mol. The molecule has 1 aliphatic heterocycles. The molecule has 2 aromatic heterocycles. The van der Waals surface area contributed by atoms with Gasteiger partial charge in [0.15, 0.2) is 5.82 Å². The lowest BCUT2D eigenvalue weighted by Crippen LogP contribution is -2.33. The fourth-order valence-corrected chi connectivity index (χ4v) is 2.78. The van der Waals surface area contributed by atoms with Crippen molar-refractivity contribution in [3.63, 3.8) is 0 Å². The van der Waals surface area contributed by atoms with Crippen LogP contribution in [0.4, 0.5) is 4.79 Å². The molecule has 0 aliphatic carbocycles. The van der Waals surface area contributed by atoms with Crippen LogP contribution in [0.1, 0.15) is 39.1 Å². The number of aromatic nitrogens is 4. The maximum Gasteiger partial charge on any atom is 0.410 e. The van der Waals surface area contributed by atoms with Gasteiger partial charge in [-0.05, 0) is 33.8 Å². The van der Waals surface area contributed by atoms with Crippen LogP contribution in [0, 0.1) is 0 Å². The first kappa shape index (κ1) is 15.6. The highest BCUT2D eigenvalue weighted by atomic mass is 16.6. The quantitative estimate of drug-likeness (QED) is 0.854. The Morgan fingerprint density at radius 3 is 2.65 bits per heavy atom. The van der Waals surface area contributed by atoms with Gasteiger partial charge in [-0.15, -0.1) is 0 Å². The molecular formula is C16H23N5O2. The number of carbonyl (C=O) groups is 1. The average molecular weight is 317 g/mol. The van der Waals surface area contributed by atoms with Crippen LogP contribution in [0.25, 0.3) is 11.5 Å². The summed E-state index contributed by atoms with van der Waals surface area (Å²) in [5.41, 5.74) is 2.36. The summed E-state index contributed by atoms with van der Waals surface area (Å²) in [6.45, 7) is 9.49. The lowest BCUT2D eigenvalue weighted by atomic mass is 10.2. The number of amides is 1. The molecule has 0 fully saturated rings. The molecule has 0 N–H and O–H groups in total. The van der Waals surface area contributed by atoms with Crippen LogP contribution in [-0.2, 0) is 31.4 Å². The number of fused-ring (bicyclic) bond motifs is 1. The number of hydrogen-bond acceptors (Lipinski definition) is 4. The maximum atomic E-state index is 12.2. The standard InChI is InChI=1S/C16H23N5O2/c1-6-21-13-10-20(15(22)23-16(2,3)4)9-12(13)17-14(21)11-7-8-19(5)18-11/h7-8H,6,9-10H2,1-5H3. The van der Waals surface area contributed by atoms with E-state index in [0.717, 1.165) is 29.5 Å². The Balaban J connectivity index is 1.85. The van der Waals surface area contributed by atoms with Crippen molar-refractivity contribution in [1.82, 2.24) is 24.2 Å². The van der Waals surface area contributed by atoms with Crippen LogP contribution in [0.15, 0.2) is 12.3 Å². The Kier molecular flexibility index (Phi) is 3.66. The Bertz CT molecular complexity index is 738. The first-order chi connectivity index (χ1) is 10.8. The van der Waals surface area contributed by atoms with Crippen molar-refractivity contribution < 1.29 is 9.53 Å². The molecule has 7 nitrogen and oxygen atoms in total. The lowest BCUT2D eigenvalue weighted by Gasteiger charge is -2.24. The van der Waals surface area contributed by atoms with Gasteiger partial charge < -0.3 is 9.30 Å². The normalized spacial score (nSPS) is 14.2. The van der Waals surface area contributed by atoms with Gasteiger partial charge in [0.05, 0.1) is 24.5 Å². The summed E-state index contributed by atoms with van der Waals surface area (Å²) in [6.07, 6.45) is 1.61. The molecule has 0 saturated carbocycles. The van der Waals surface area contributed by atoms with Crippen molar-refractivity contribution in [2.75, 3.05) is 0 Å². The van der Waals surface area contributed by atoms with E-state index in [1.165, 1.54) is 0 Å². The highest BCUT2D eigenvalue weighted by molar-refractivity contribution is 5.69. The van der Waals surface area contributed by atoms with Crippen LogP contribution in [0.3, 0.4) is 0 Å². The summed E-state index contributed by atoms with van der Waals surface area (Å²) < 4.78 is 9.34. The van der Waals surface area contributed by atoms with Crippen molar-refractivity contribution >= 4 is 6.09 Å². The summed E-state index contributed by atoms with van der Waals surface area (Å²) in [5, 5.41) is 4.43. The molecule has 3 rings (SSSR count). The molecule has 0 saturated heterocycles. The zero-order valence-corrected chi connectivity index (χ0v) is 14.3. The van der Waals surface area contributed by atoms with E-state index in [1.807, 2.05) is 40.1 Å². The monoisotopic (exact) mass is 317 g/mol. The number of aryl methyl sites for hydroxylation is 1. The molecule has 0 atom stereocenters. The Morgan fingerprint density at radius 2 is 2.09 bits per heavy atom. The number of rotatable bonds is 2. The number of carbonyl (C=O) groups excluding carboxylic acids is 1. The molecule has 7 heteroatoms. The van der Waals surface area contributed by atoms with Gasteiger partial charge in [-0.25, -0.2) is 9.78 Å². The maximum absolute atomic E-state index is 12.2. The first-order valence-electron chi connectivity index (χ1n) is 7.84. The van der Waals surface area contributed by atoms with E-state index in [0.29, 0.717) is 13.1 Å². The third-order valence-electron chi connectivity index (χ3n) is 3.75. The van der Waals surface area contributed by atoms with E-state index in [1.54, 1.807) is 9.58 Å². The minimum atomic E-state index is -0.489. The fourth-order valence-electron chi connectivity index (χ4n) is 2.78. The molecule has 3 heterocycles.